The number of aliphatic hydroxyl groups is 2. The Balaban J connectivity index is 0.000001000. The first-order chi connectivity index (χ1) is 4.80. The van der Waals surface area contributed by atoms with E-state index in [2.05, 4.69) is 0 Å². The van der Waals surface area contributed by atoms with Gasteiger partial charge in [0.25, 0.3) is 0 Å². The zero-order valence-corrected chi connectivity index (χ0v) is 7.85. The van der Waals surface area contributed by atoms with Gasteiger partial charge in [-0.25, -0.2) is 0 Å². The predicted octanol–water partition coefficient (Wildman–Crippen LogP) is 2.44. The van der Waals surface area contributed by atoms with Crippen LogP contribution >= 0.6 is 0 Å². The van der Waals surface area contributed by atoms with Crippen LogP contribution in [0.15, 0.2) is 23.7 Å². The smallest absolute Gasteiger partial charge is 0.130 e. The Hall–Kier alpha value is -0.297. The van der Waals surface area contributed by atoms with Gasteiger partial charge in [-0.15, -0.1) is 0 Å². The minimum Gasteiger partial charge on any atom is -0.509 e. The van der Waals surface area contributed by atoms with Crippen LogP contribution in [0.1, 0.15) is 25.7 Å². The van der Waals surface area contributed by atoms with Crippen molar-refractivity contribution in [2.45, 2.75) is 25.7 Å². The van der Waals surface area contributed by atoms with Crippen LogP contribution in [0.2, 0.25) is 0 Å². The van der Waals surface area contributed by atoms with Crippen molar-refractivity contribution < 1.29 is 29.7 Å². The minimum absolute atomic E-state index is 0. The summed E-state index contributed by atoms with van der Waals surface area (Å²) < 4.78 is 0. The molecule has 0 aromatic rings. The van der Waals surface area contributed by atoms with E-state index in [4.69, 9.17) is 10.2 Å². The van der Waals surface area contributed by atoms with Gasteiger partial charge in [0.2, 0.25) is 0 Å². The van der Waals surface area contributed by atoms with Crippen LogP contribution in [0.3, 0.4) is 0 Å². The van der Waals surface area contributed by atoms with Crippen LogP contribution in [-0.2, 0) is 19.5 Å². The molecule has 1 rings (SSSR count). The molecular weight excluding hydrogens is 231 g/mol. The molecule has 0 saturated carbocycles. The van der Waals surface area contributed by atoms with Crippen LogP contribution in [0.5, 0.6) is 0 Å². The van der Waals surface area contributed by atoms with Gasteiger partial charge in [-0.3, -0.25) is 0 Å². The molecule has 0 aromatic heterocycles. The second kappa shape index (κ2) is 5.37. The third-order valence-corrected chi connectivity index (χ3v) is 1.60. The monoisotopic (exact) mass is 243 g/mol. The Labute approximate surface area is 79.4 Å². The van der Waals surface area contributed by atoms with E-state index in [0.717, 1.165) is 12.8 Å². The van der Waals surface area contributed by atoms with Crippen LogP contribution in [0.4, 0.5) is 0 Å². The Morgan fingerprint density at radius 1 is 0.909 bits per heavy atom. The summed E-state index contributed by atoms with van der Waals surface area (Å²) in [6.07, 6.45) is 6.86. The molecule has 0 spiro atoms. The summed E-state index contributed by atoms with van der Waals surface area (Å²) in [6, 6.07) is 0. The molecule has 0 aliphatic heterocycles. The molecule has 0 heterocycles. The third-order valence-electron chi connectivity index (χ3n) is 1.60. The SMILES string of the molecule is OC1=C(O)CCC=CCC1.[Rh]. The fourth-order valence-electron chi connectivity index (χ4n) is 0.964. The number of hydrogen-bond donors (Lipinski definition) is 2. The Morgan fingerprint density at radius 2 is 1.27 bits per heavy atom. The summed E-state index contributed by atoms with van der Waals surface area (Å²) in [6.45, 7) is 0. The van der Waals surface area contributed by atoms with E-state index in [1.165, 1.54) is 0 Å². The van der Waals surface area contributed by atoms with Gasteiger partial charge < -0.3 is 10.2 Å². The van der Waals surface area contributed by atoms with Gasteiger partial charge in [-0.1, -0.05) is 12.2 Å². The van der Waals surface area contributed by atoms with E-state index in [-0.39, 0.29) is 31.0 Å². The molecule has 0 unspecified atom stereocenters. The first kappa shape index (κ1) is 10.7. The topological polar surface area (TPSA) is 40.5 Å². The number of allylic oxidation sites excluding steroid dienone is 4. The fourth-order valence-corrected chi connectivity index (χ4v) is 0.964. The molecule has 0 amide bonds. The van der Waals surface area contributed by atoms with Gasteiger partial charge in [0.15, 0.2) is 0 Å². The molecule has 3 heteroatoms. The zero-order chi connectivity index (χ0) is 7.40. The van der Waals surface area contributed by atoms with Crippen LogP contribution < -0.4 is 0 Å². The van der Waals surface area contributed by atoms with Crippen molar-refractivity contribution in [2.24, 2.45) is 0 Å². The number of hydrogen-bond acceptors (Lipinski definition) is 2. The quantitative estimate of drug-likeness (QED) is 0.506. The van der Waals surface area contributed by atoms with E-state index < -0.39 is 0 Å². The molecule has 2 nitrogen and oxygen atoms in total. The van der Waals surface area contributed by atoms with E-state index in [0.29, 0.717) is 12.8 Å². The molecule has 2 N–H and O–H groups in total. The molecule has 1 radical (unpaired) electrons. The van der Waals surface area contributed by atoms with Gasteiger partial charge in [-0.05, 0) is 12.8 Å². The van der Waals surface area contributed by atoms with E-state index >= 15 is 0 Å². The predicted molar refractivity (Wildman–Crippen MR) is 39.9 cm³/mol. The van der Waals surface area contributed by atoms with Crippen LogP contribution in [-0.4, -0.2) is 10.2 Å². The van der Waals surface area contributed by atoms with Crippen molar-refractivity contribution in [2.75, 3.05) is 0 Å². The molecule has 0 fully saturated rings. The summed E-state index contributed by atoms with van der Waals surface area (Å²) >= 11 is 0. The summed E-state index contributed by atoms with van der Waals surface area (Å²) in [7, 11) is 0. The Kier molecular flexibility index (Phi) is 5.22. The third kappa shape index (κ3) is 3.57. The molecule has 0 bridgehead atoms. The largest absolute Gasteiger partial charge is 0.509 e. The molecule has 11 heavy (non-hydrogen) atoms. The summed E-state index contributed by atoms with van der Waals surface area (Å²) in [5.41, 5.74) is 0. The Bertz CT molecular complexity index is 155. The number of rotatable bonds is 0. The average molecular weight is 243 g/mol. The van der Waals surface area contributed by atoms with Crippen LogP contribution in [0.25, 0.3) is 0 Å². The van der Waals surface area contributed by atoms with Crippen molar-refractivity contribution in [1.29, 1.82) is 0 Å². The first-order valence-electron chi connectivity index (χ1n) is 3.55. The molecule has 1 aliphatic carbocycles. The van der Waals surface area contributed by atoms with Gasteiger partial charge in [0.05, 0.1) is 0 Å². The van der Waals surface area contributed by atoms with Crippen molar-refractivity contribution in [3.8, 4) is 0 Å². The van der Waals surface area contributed by atoms with Gasteiger partial charge >= 0.3 is 0 Å². The summed E-state index contributed by atoms with van der Waals surface area (Å²) in [5, 5.41) is 18.2. The standard InChI is InChI=1S/C8H12O2.Rh/c9-7-5-3-1-2-4-6-8(7)10;/h1-2,9-10H,3-6H2;. The second-order valence-electron chi connectivity index (χ2n) is 2.44. The molecule has 0 aromatic carbocycles. The summed E-state index contributed by atoms with van der Waals surface area (Å²) in [5.74, 6) is 0.314. The van der Waals surface area contributed by atoms with Gasteiger partial charge in [-0.2, -0.15) is 0 Å². The van der Waals surface area contributed by atoms with E-state index in [9.17, 15) is 0 Å². The second-order valence-corrected chi connectivity index (χ2v) is 2.44. The van der Waals surface area contributed by atoms with E-state index in [1.54, 1.807) is 0 Å². The summed E-state index contributed by atoms with van der Waals surface area (Å²) in [4.78, 5) is 0. The average Bonchev–Trinajstić information content (AvgIpc) is 1.92. The van der Waals surface area contributed by atoms with Gasteiger partial charge in [0.1, 0.15) is 11.5 Å². The molecule has 1 aliphatic rings. The maximum Gasteiger partial charge on any atom is 0.130 e. The van der Waals surface area contributed by atoms with E-state index in [1.807, 2.05) is 12.2 Å². The Morgan fingerprint density at radius 3 is 1.64 bits per heavy atom. The number of aliphatic hydroxyl groups excluding tert-OH is 2. The van der Waals surface area contributed by atoms with Crippen LogP contribution in [0, 0.1) is 0 Å². The first-order valence-corrected chi connectivity index (χ1v) is 3.55. The van der Waals surface area contributed by atoms with Crippen molar-refractivity contribution in [1.82, 2.24) is 0 Å². The van der Waals surface area contributed by atoms with Gasteiger partial charge in [0, 0.05) is 32.3 Å². The van der Waals surface area contributed by atoms with Crippen molar-refractivity contribution >= 4 is 0 Å². The van der Waals surface area contributed by atoms with Crippen molar-refractivity contribution in [3.63, 3.8) is 0 Å². The molecule has 0 saturated heterocycles. The minimum atomic E-state index is 0. The van der Waals surface area contributed by atoms with Crippen molar-refractivity contribution in [3.05, 3.63) is 23.7 Å². The maximum atomic E-state index is 9.08. The zero-order valence-electron chi connectivity index (χ0n) is 6.21. The maximum absolute atomic E-state index is 9.08. The fraction of sp³-hybridized carbons (Fsp3) is 0.500. The molecule has 0 atom stereocenters. The molecule has 65 valence electrons. The molecular formula is C8H12O2Rh. The normalized spacial score (nSPS) is 18.5.